The second kappa shape index (κ2) is 5.10. The Morgan fingerprint density at radius 1 is 1.06 bits per heavy atom. The average Bonchev–Trinajstić information content (AvgIpc) is 2.38. The Bertz CT molecular complexity index is 538. The first-order valence-electron chi connectivity index (χ1n) is 5.19. The molecule has 94 valence electrons. The summed E-state index contributed by atoms with van der Waals surface area (Å²) in [5, 5.41) is 0.328. The van der Waals surface area contributed by atoms with Crippen LogP contribution in [0.5, 0.6) is 0 Å². The van der Waals surface area contributed by atoms with Crippen LogP contribution in [0.25, 0.3) is 11.1 Å². The summed E-state index contributed by atoms with van der Waals surface area (Å²) in [6, 6.07) is 8.53. The Morgan fingerprint density at radius 3 is 2.28 bits per heavy atom. The molecular weight excluding hydrogens is 307 g/mol. The highest BCUT2D eigenvalue weighted by atomic mass is 79.9. The highest BCUT2D eigenvalue weighted by molar-refractivity contribution is 9.08. The minimum atomic E-state index is -4.41. The van der Waals surface area contributed by atoms with E-state index in [4.69, 9.17) is 0 Å². The van der Waals surface area contributed by atoms with Gasteiger partial charge in [0, 0.05) is 23.3 Å². The van der Waals surface area contributed by atoms with E-state index in [9.17, 15) is 13.2 Å². The molecule has 0 aliphatic heterocycles. The molecule has 0 spiro atoms. The van der Waals surface area contributed by atoms with Crippen LogP contribution in [-0.4, -0.2) is 4.98 Å². The van der Waals surface area contributed by atoms with Gasteiger partial charge in [0.15, 0.2) is 0 Å². The van der Waals surface area contributed by atoms with Crippen LogP contribution in [-0.2, 0) is 11.5 Å². The molecule has 0 aliphatic rings. The van der Waals surface area contributed by atoms with Crippen LogP contribution in [0, 0.1) is 0 Å². The van der Waals surface area contributed by atoms with Crippen LogP contribution in [0.15, 0.2) is 42.7 Å². The van der Waals surface area contributed by atoms with Crippen molar-refractivity contribution in [3.05, 3.63) is 53.9 Å². The van der Waals surface area contributed by atoms with Gasteiger partial charge in [0.05, 0.1) is 5.56 Å². The van der Waals surface area contributed by atoms with Gasteiger partial charge >= 0.3 is 6.18 Å². The van der Waals surface area contributed by atoms with Crippen LogP contribution in [0.4, 0.5) is 13.2 Å². The zero-order valence-corrected chi connectivity index (χ0v) is 10.8. The standard InChI is InChI=1S/C13H9BrF3N/c14-6-10-7-18-8-11(13(15,16)17)12(10)9-4-2-1-3-5-9/h1-5,7-8H,6H2. The zero-order chi connectivity index (χ0) is 13.2. The van der Waals surface area contributed by atoms with E-state index in [1.165, 1.54) is 6.20 Å². The van der Waals surface area contributed by atoms with E-state index in [0.717, 1.165) is 6.20 Å². The maximum absolute atomic E-state index is 13.0. The molecule has 0 atom stereocenters. The number of benzene rings is 1. The molecule has 18 heavy (non-hydrogen) atoms. The van der Waals surface area contributed by atoms with Gasteiger partial charge in [0.25, 0.3) is 0 Å². The number of halogens is 4. The molecule has 0 radical (unpaired) electrons. The molecule has 2 aromatic rings. The third-order valence-electron chi connectivity index (χ3n) is 2.54. The van der Waals surface area contributed by atoms with Crippen molar-refractivity contribution < 1.29 is 13.2 Å². The number of hydrogen-bond donors (Lipinski definition) is 0. The van der Waals surface area contributed by atoms with Crippen molar-refractivity contribution in [3.8, 4) is 11.1 Å². The van der Waals surface area contributed by atoms with Gasteiger partial charge < -0.3 is 0 Å². The van der Waals surface area contributed by atoms with Gasteiger partial charge in [-0.2, -0.15) is 13.2 Å². The van der Waals surface area contributed by atoms with Gasteiger partial charge in [0.1, 0.15) is 0 Å². The molecule has 2 rings (SSSR count). The summed E-state index contributed by atoms with van der Waals surface area (Å²) < 4.78 is 39.0. The highest BCUT2D eigenvalue weighted by Gasteiger charge is 2.35. The van der Waals surface area contributed by atoms with Gasteiger partial charge in [0.2, 0.25) is 0 Å². The van der Waals surface area contributed by atoms with E-state index in [1.807, 2.05) is 0 Å². The summed E-state index contributed by atoms with van der Waals surface area (Å²) in [6.45, 7) is 0. The number of alkyl halides is 4. The van der Waals surface area contributed by atoms with Crippen LogP contribution in [0.2, 0.25) is 0 Å². The maximum Gasteiger partial charge on any atom is 0.418 e. The van der Waals surface area contributed by atoms with Crippen molar-refractivity contribution in [3.63, 3.8) is 0 Å². The number of nitrogens with zero attached hydrogens (tertiary/aromatic N) is 1. The molecule has 0 amide bonds. The zero-order valence-electron chi connectivity index (χ0n) is 9.21. The van der Waals surface area contributed by atoms with E-state index in [2.05, 4.69) is 20.9 Å². The molecule has 1 aromatic heterocycles. The fourth-order valence-corrected chi connectivity index (χ4v) is 2.19. The van der Waals surface area contributed by atoms with Gasteiger partial charge in [-0.3, -0.25) is 4.98 Å². The third-order valence-corrected chi connectivity index (χ3v) is 3.14. The summed E-state index contributed by atoms with van der Waals surface area (Å²) in [4.78, 5) is 3.66. The molecule has 1 nitrogen and oxygen atoms in total. The van der Waals surface area contributed by atoms with E-state index >= 15 is 0 Å². The number of aromatic nitrogens is 1. The van der Waals surface area contributed by atoms with Crippen LogP contribution in [0.1, 0.15) is 11.1 Å². The molecule has 5 heteroatoms. The van der Waals surface area contributed by atoms with Crippen molar-refractivity contribution in [1.82, 2.24) is 4.98 Å². The van der Waals surface area contributed by atoms with E-state index in [1.54, 1.807) is 30.3 Å². The van der Waals surface area contributed by atoms with Gasteiger partial charge in [-0.1, -0.05) is 46.3 Å². The molecule has 0 fully saturated rings. The molecule has 0 unspecified atom stereocenters. The first kappa shape index (κ1) is 13.1. The van der Waals surface area contributed by atoms with Crippen molar-refractivity contribution in [2.24, 2.45) is 0 Å². The van der Waals surface area contributed by atoms with E-state index in [-0.39, 0.29) is 5.56 Å². The molecule has 1 aromatic carbocycles. The monoisotopic (exact) mass is 315 g/mol. The predicted octanol–water partition coefficient (Wildman–Crippen LogP) is 4.66. The number of pyridine rings is 1. The Kier molecular flexibility index (Phi) is 3.71. The lowest BCUT2D eigenvalue weighted by Gasteiger charge is -2.15. The summed E-state index contributed by atoms with van der Waals surface area (Å²) in [5.41, 5.74) is 0.554. The highest BCUT2D eigenvalue weighted by Crippen LogP contribution is 2.38. The van der Waals surface area contributed by atoms with Crippen LogP contribution in [0.3, 0.4) is 0 Å². The summed E-state index contributed by atoms with van der Waals surface area (Å²) in [6.07, 6.45) is -2.09. The predicted molar refractivity (Wildman–Crippen MR) is 67.3 cm³/mol. The summed E-state index contributed by atoms with van der Waals surface area (Å²) in [5.74, 6) is 0. The summed E-state index contributed by atoms with van der Waals surface area (Å²) in [7, 11) is 0. The Morgan fingerprint density at radius 2 is 1.72 bits per heavy atom. The lowest BCUT2D eigenvalue weighted by atomic mass is 9.97. The van der Waals surface area contributed by atoms with Crippen molar-refractivity contribution in [1.29, 1.82) is 0 Å². The normalized spacial score (nSPS) is 11.6. The topological polar surface area (TPSA) is 12.9 Å². The Hall–Kier alpha value is -1.36. The molecular formula is C13H9BrF3N. The second-order valence-corrected chi connectivity index (χ2v) is 4.28. The lowest BCUT2D eigenvalue weighted by Crippen LogP contribution is -2.09. The van der Waals surface area contributed by atoms with E-state index < -0.39 is 11.7 Å². The molecule has 0 saturated carbocycles. The SMILES string of the molecule is FC(F)(F)c1cncc(CBr)c1-c1ccccc1. The quantitative estimate of drug-likeness (QED) is 0.734. The minimum absolute atomic E-state index is 0.190. The van der Waals surface area contributed by atoms with Crippen molar-refractivity contribution >= 4 is 15.9 Å². The Balaban J connectivity index is 2.70. The van der Waals surface area contributed by atoms with Crippen molar-refractivity contribution in [2.75, 3.05) is 0 Å². The molecule has 0 saturated heterocycles. The molecule has 0 aliphatic carbocycles. The van der Waals surface area contributed by atoms with Crippen LogP contribution >= 0.6 is 15.9 Å². The molecule has 1 heterocycles. The number of rotatable bonds is 2. The smallest absolute Gasteiger partial charge is 0.264 e. The Labute approximate surface area is 111 Å². The fourth-order valence-electron chi connectivity index (χ4n) is 1.77. The lowest BCUT2D eigenvalue weighted by molar-refractivity contribution is -0.137. The molecule has 0 bridgehead atoms. The van der Waals surface area contributed by atoms with Gasteiger partial charge in [-0.05, 0) is 11.1 Å². The van der Waals surface area contributed by atoms with Crippen LogP contribution < -0.4 is 0 Å². The average molecular weight is 316 g/mol. The van der Waals surface area contributed by atoms with Gasteiger partial charge in [-0.15, -0.1) is 0 Å². The fraction of sp³-hybridized carbons (Fsp3) is 0.154. The second-order valence-electron chi connectivity index (χ2n) is 3.72. The first-order valence-corrected chi connectivity index (χ1v) is 6.31. The maximum atomic E-state index is 13.0. The minimum Gasteiger partial charge on any atom is -0.264 e. The number of hydrogen-bond acceptors (Lipinski definition) is 1. The largest absolute Gasteiger partial charge is 0.418 e. The summed E-state index contributed by atoms with van der Waals surface area (Å²) >= 11 is 3.20. The third kappa shape index (κ3) is 2.56. The van der Waals surface area contributed by atoms with E-state index in [0.29, 0.717) is 16.5 Å². The molecule has 0 N–H and O–H groups in total. The van der Waals surface area contributed by atoms with Crippen molar-refractivity contribution in [2.45, 2.75) is 11.5 Å². The van der Waals surface area contributed by atoms with Gasteiger partial charge in [-0.25, -0.2) is 0 Å². The first-order chi connectivity index (χ1) is 8.54.